The summed E-state index contributed by atoms with van der Waals surface area (Å²) >= 11 is 3.42. The van der Waals surface area contributed by atoms with Crippen molar-refractivity contribution in [3.8, 4) is 0 Å². The van der Waals surface area contributed by atoms with Crippen LogP contribution in [0.4, 0.5) is 11.8 Å². The van der Waals surface area contributed by atoms with Gasteiger partial charge in [0, 0.05) is 26.3 Å². The van der Waals surface area contributed by atoms with Crippen LogP contribution in [-0.2, 0) is 0 Å². The van der Waals surface area contributed by atoms with Gasteiger partial charge < -0.3 is 9.80 Å². The maximum Gasteiger partial charge on any atom is 0.239 e. The third-order valence-electron chi connectivity index (χ3n) is 2.10. The van der Waals surface area contributed by atoms with E-state index in [1.54, 1.807) is 6.20 Å². The highest BCUT2D eigenvalue weighted by Crippen LogP contribution is 2.22. The van der Waals surface area contributed by atoms with E-state index < -0.39 is 0 Å². The Bertz CT molecular complexity index is 343. The molecule has 0 unspecified atom stereocenters. The first-order chi connectivity index (χ1) is 7.54. The summed E-state index contributed by atoms with van der Waals surface area (Å²) < 4.78 is 0.854. The van der Waals surface area contributed by atoms with Crippen molar-refractivity contribution >= 4 is 27.7 Å². The molecule has 0 aliphatic heterocycles. The molecule has 0 fully saturated rings. The molecule has 0 atom stereocenters. The molecular weight excluding hydrogens is 272 g/mol. The summed E-state index contributed by atoms with van der Waals surface area (Å²) in [4.78, 5) is 12.5. The minimum Gasteiger partial charge on any atom is -0.357 e. The van der Waals surface area contributed by atoms with Crippen molar-refractivity contribution < 1.29 is 0 Å². The first-order valence-corrected chi connectivity index (χ1v) is 5.69. The van der Waals surface area contributed by atoms with Crippen molar-refractivity contribution in [2.75, 3.05) is 44.6 Å². The first-order valence-electron chi connectivity index (χ1n) is 4.89. The molecule has 0 radical (unpaired) electrons. The predicted octanol–water partition coefficient (Wildman–Crippen LogP) is 0.523. The Morgan fingerprint density at radius 1 is 1.38 bits per heavy atom. The summed E-state index contributed by atoms with van der Waals surface area (Å²) in [5.74, 6) is 6.51. The summed E-state index contributed by atoms with van der Waals surface area (Å²) in [5, 5.41) is 0. The molecule has 0 spiro atoms. The molecule has 3 N–H and O–H groups in total. The van der Waals surface area contributed by atoms with Crippen LogP contribution in [0.5, 0.6) is 0 Å². The molecule has 0 bridgehead atoms. The lowest BCUT2D eigenvalue weighted by Crippen LogP contribution is -2.29. The van der Waals surface area contributed by atoms with E-state index in [-0.39, 0.29) is 0 Å². The zero-order valence-electron chi connectivity index (χ0n) is 9.74. The number of hydrogen-bond acceptors (Lipinski definition) is 6. The summed E-state index contributed by atoms with van der Waals surface area (Å²) in [6.45, 7) is 1.84. The standard InChI is InChI=1S/C9H17BrN6/c1-15(2)4-5-16(3)8-7(10)6-12-9(13-8)14-11/h6H,4-5,11H2,1-3H3,(H,12,13,14). The highest BCUT2D eigenvalue weighted by atomic mass is 79.9. The molecule has 0 saturated carbocycles. The molecule has 0 amide bonds. The second-order valence-corrected chi connectivity index (χ2v) is 4.59. The minimum atomic E-state index is 0.412. The molecule has 7 heteroatoms. The fraction of sp³-hybridized carbons (Fsp3) is 0.556. The van der Waals surface area contributed by atoms with Crippen molar-refractivity contribution in [1.29, 1.82) is 0 Å². The van der Waals surface area contributed by atoms with E-state index in [1.807, 2.05) is 26.0 Å². The van der Waals surface area contributed by atoms with Crippen molar-refractivity contribution in [1.82, 2.24) is 14.9 Å². The molecule has 1 heterocycles. The van der Waals surface area contributed by atoms with Gasteiger partial charge in [-0.25, -0.2) is 10.8 Å². The molecule has 0 aliphatic rings. The van der Waals surface area contributed by atoms with E-state index in [0.717, 1.165) is 23.4 Å². The highest BCUT2D eigenvalue weighted by molar-refractivity contribution is 9.10. The number of hydrazine groups is 1. The highest BCUT2D eigenvalue weighted by Gasteiger charge is 2.09. The third kappa shape index (κ3) is 3.58. The number of aromatic nitrogens is 2. The summed E-state index contributed by atoms with van der Waals surface area (Å²) in [6, 6.07) is 0. The van der Waals surface area contributed by atoms with Crippen LogP contribution in [0.2, 0.25) is 0 Å². The lowest BCUT2D eigenvalue weighted by Gasteiger charge is -2.21. The molecule has 90 valence electrons. The van der Waals surface area contributed by atoms with Gasteiger partial charge >= 0.3 is 0 Å². The number of halogens is 1. The molecular formula is C9H17BrN6. The third-order valence-corrected chi connectivity index (χ3v) is 2.66. The van der Waals surface area contributed by atoms with Crippen molar-refractivity contribution in [3.05, 3.63) is 10.7 Å². The monoisotopic (exact) mass is 288 g/mol. The zero-order valence-corrected chi connectivity index (χ0v) is 11.3. The Morgan fingerprint density at radius 2 is 2.06 bits per heavy atom. The maximum absolute atomic E-state index is 5.27. The lowest BCUT2D eigenvalue weighted by molar-refractivity contribution is 0.416. The number of nitrogens with zero attached hydrogens (tertiary/aromatic N) is 4. The number of nitrogens with two attached hydrogens (primary N) is 1. The Morgan fingerprint density at radius 3 is 2.62 bits per heavy atom. The van der Waals surface area contributed by atoms with Gasteiger partial charge in [0.2, 0.25) is 5.95 Å². The Labute approximate surface area is 104 Å². The van der Waals surface area contributed by atoms with Gasteiger partial charge in [-0.2, -0.15) is 4.98 Å². The average Bonchev–Trinajstić information content (AvgIpc) is 2.26. The molecule has 6 nitrogen and oxygen atoms in total. The molecule has 16 heavy (non-hydrogen) atoms. The fourth-order valence-corrected chi connectivity index (χ4v) is 1.65. The summed E-state index contributed by atoms with van der Waals surface area (Å²) in [5.41, 5.74) is 2.43. The number of rotatable bonds is 5. The van der Waals surface area contributed by atoms with Gasteiger partial charge in [-0.1, -0.05) is 0 Å². The first kappa shape index (κ1) is 13.1. The van der Waals surface area contributed by atoms with E-state index >= 15 is 0 Å². The smallest absolute Gasteiger partial charge is 0.239 e. The second kappa shape index (κ2) is 5.97. The quantitative estimate of drug-likeness (QED) is 0.608. The normalized spacial score (nSPS) is 10.6. The van der Waals surface area contributed by atoms with Crippen LogP contribution in [0.3, 0.4) is 0 Å². The van der Waals surface area contributed by atoms with Gasteiger partial charge in [0.25, 0.3) is 0 Å². The molecule has 1 aromatic heterocycles. The largest absolute Gasteiger partial charge is 0.357 e. The van der Waals surface area contributed by atoms with Gasteiger partial charge in [0.15, 0.2) is 0 Å². The minimum absolute atomic E-state index is 0.412. The Balaban J connectivity index is 2.76. The number of nitrogens with one attached hydrogen (secondary N) is 1. The van der Waals surface area contributed by atoms with E-state index in [9.17, 15) is 0 Å². The van der Waals surface area contributed by atoms with Crippen LogP contribution < -0.4 is 16.2 Å². The molecule has 0 saturated heterocycles. The second-order valence-electron chi connectivity index (χ2n) is 3.73. The van der Waals surface area contributed by atoms with Crippen LogP contribution in [0, 0.1) is 0 Å². The maximum atomic E-state index is 5.27. The summed E-state index contributed by atoms with van der Waals surface area (Å²) in [6.07, 6.45) is 1.68. The Hall–Kier alpha value is -0.920. The lowest BCUT2D eigenvalue weighted by atomic mass is 10.4. The fourth-order valence-electron chi connectivity index (χ4n) is 1.15. The van der Waals surface area contributed by atoms with E-state index in [4.69, 9.17) is 5.84 Å². The number of anilines is 2. The van der Waals surface area contributed by atoms with Gasteiger partial charge in [-0.05, 0) is 30.0 Å². The van der Waals surface area contributed by atoms with Crippen LogP contribution in [0.15, 0.2) is 10.7 Å². The SMILES string of the molecule is CN(C)CCN(C)c1nc(NN)ncc1Br. The topological polar surface area (TPSA) is 70.3 Å². The number of likely N-dealkylation sites (N-methyl/N-ethyl adjacent to an activating group) is 2. The molecule has 1 rings (SSSR count). The average molecular weight is 289 g/mol. The van der Waals surface area contributed by atoms with Gasteiger partial charge in [0.1, 0.15) is 5.82 Å². The number of hydrogen-bond donors (Lipinski definition) is 2. The van der Waals surface area contributed by atoms with Gasteiger partial charge in [-0.3, -0.25) is 5.43 Å². The van der Waals surface area contributed by atoms with Crippen molar-refractivity contribution in [3.63, 3.8) is 0 Å². The number of nitrogen functional groups attached to an aromatic ring is 1. The van der Waals surface area contributed by atoms with Crippen LogP contribution in [0.25, 0.3) is 0 Å². The zero-order chi connectivity index (χ0) is 12.1. The van der Waals surface area contributed by atoms with Crippen LogP contribution >= 0.6 is 15.9 Å². The Kier molecular flexibility index (Phi) is 4.91. The predicted molar refractivity (Wildman–Crippen MR) is 69.4 cm³/mol. The van der Waals surface area contributed by atoms with E-state index in [1.165, 1.54) is 0 Å². The van der Waals surface area contributed by atoms with Crippen LogP contribution in [-0.4, -0.2) is 49.1 Å². The van der Waals surface area contributed by atoms with Gasteiger partial charge in [0.05, 0.1) is 4.47 Å². The molecule has 0 aromatic carbocycles. The van der Waals surface area contributed by atoms with E-state index in [0.29, 0.717) is 5.95 Å². The summed E-state index contributed by atoms with van der Waals surface area (Å²) in [7, 11) is 6.06. The van der Waals surface area contributed by atoms with Gasteiger partial charge in [-0.15, -0.1) is 0 Å². The van der Waals surface area contributed by atoms with Crippen molar-refractivity contribution in [2.24, 2.45) is 5.84 Å². The van der Waals surface area contributed by atoms with Crippen molar-refractivity contribution in [2.45, 2.75) is 0 Å². The van der Waals surface area contributed by atoms with Crippen LogP contribution in [0.1, 0.15) is 0 Å². The molecule has 1 aromatic rings. The molecule has 0 aliphatic carbocycles. The van der Waals surface area contributed by atoms with E-state index in [2.05, 4.69) is 36.2 Å².